The second kappa shape index (κ2) is 8.82. The molecule has 1 unspecified atom stereocenters. The Morgan fingerprint density at radius 3 is 2.54 bits per heavy atom. The molecule has 0 bridgehead atoms. The Morgan fingerprint density at radius 1 is 1.14 bits per heavy atom. The van der Waals surface area contributed by atoms with Crippen LogP contribution < -0.4 is 5.32 Å². The molecule has 1 aliphatic heterocycles. The Labute approximate surface area is 175 Å². The summed E-state index contributed by atoms with van der Waals surface area (Å²) in [6, 6.07) is 10.9. The molecule has 1 N–H and O–H groups in total. The Bertz CT molecular complexity index is 962. The van der Waals surface area contributed by atoms with Crippen molar-refractivity contribution in [2.45, 2.75) is 43.5 Å². The fourth-order valence-corrected chi connectivity index (χ4v) is 5.56. The number of amides is 1. The maximum absolute atomic E-state index is 13.0. The van der Waals surface area contributed by atoms with Crippen molar-refractivity contribution in [3.05, 3.63) is 58.1 Å². The van der Waals surface area contributed by atoms with Crippen LogP contribution >= 0.6 is 23.2 Å². The topological polar surface area (TPSA) is 66.5 Å². The SMILES string of the molecule is CCC1CCCCN1S(=O)(=O)c1ccc(NC(=O)c2cc(Cl)ccc2Cl)cc1. The standard InChI is InChI=1S/C20H22Cl2N2O3S/c1-2-16-5-3-4-12-24(16)28(26,27)17-9-7-15(8-10-17)23-20(25)18-13-14(21)6-11-19(18)22/h6-11,13,16H,2-5,12H2,1H3,(H,23,25). The van der Waals surface area contributed by atoms with Crippen LogP contribution in [0.5, 0.6) is 0 Å². The minimum atomic E-state index is -3.55. The highest BCUT2D eigenvalue weighted by atomic mass is 35.5. The first-order valence-electron chi connectivity index (χ1n) is 9.21. The number of nitrogens with zero attached hydrogens (tertiary/aromatic N) is 1. The van der Waals surface area contributed by atoms with Crippen molar-refractivity contribution in [3.63, 3.8) is 0 Å². The van der Waals surface area contributed by atoms with Gasteiger partial charge in [0.25, 0.3) is 5.91 Å². The molecular weight excluding hydrogens is 419 g/mol. The van der Waals surface area contributed by atoms with E-state index in [9.17, 15) is 13.2 Å². The molecule has 1 heterocycles. The van der Waals surface area contributed by atoms with Crippen molar-refractivity contribution in [1.29, 1.82) is 0 Å². The van der Waals surface area contributed by atoms with Crippen molar-refractivity contribution >= 4 is 44.8 Å². The summed E-state index contributed by atoms with van der Waals surface area (Å²) < 4.78 is 27.6. The number of rotatable bonds is 5. The number of hydrogen-bond donors (Lipinski definition) is 1. The van der Waals surface area contributed by atoms with Crippen LogP contribution in [0.15, 0.2) is 47.4 Å². The van der Waals surface area contributed by atoms with Crippen LogP contribution in [0, 0.1) is 0 Å². The number of halogens is 2. The van der Waals surface area contributed by atoms with E-state index < -0.39 is 15.9 Å². The van der Waals surface area contributed by atoms with Gasteiger partial charge < -0.3 is 5.32 Å². The Hall–Kier alpha value is -1.60. The van der Waals surface area contributed by atoms with E-state index in [1.54, 1.807) is 28.6 Å². The Balaban J connectivity index is 1.77. The Kier molecular flexibility index (Phi) is 6.65. The molecule has 1 atom stereocenters. The van der Waals surface area contributed by atoms with Gasteiger partial charge in [-0.05, 0) is 61.7 Å². The van der Waals surface area contributed by atoms with Gasteiger partial charge in [0, 0.05) is 23.3 Å². The van der Waals surface area contributed by atoms with Gasteiger partial charge in [0.1, 0.15) is 0 Å². The predicted octanol–water partition coefficient (Wildman–Crippen LogP) is 5.20. The monoisotopic (exact) mass is 440 g/mol. The van der Waals surface area contributed by atoms with Gasteiger partial charge >= 0.3 is 0 Å². The molecule has 1 amide bonds. The molecule has 3 rings (SSSR count). The zero-order valence-electron chi connectivity index (χ0n) is 15.5. The fourth-order valence-electron chi connectivity index (χ4n) is 3.41. The van der Waals surface area contributed by atoms with Gasteiger partial charge in [0.2, 0.25) is 10.0 Å². The first-order valence-corrected chi connectivity index (χ1v) is 11.4. The summed E-state index contributed by atoms with van der Waals surface area (Å²) in [6.07, 6.45) is 3.63. The second-order valence-corrected chi connectivity index (χ2v) is 9.51. The molecule has 0 radical (unpaired) electrons. The number of anilines is 1. The normalized spacial score (nSPS) is 18.0. The number of benzene rings is 2. The molecule has 1 aliphatic rings. The molecule has 0 spiro atoms. The van der Waals surface area contributed by atoms with Crippen molar-refractivity contribution in [1.82, 2.24) is 4.31 Å². The highest BCUT2D eigenvalue weighted by Crippen LogP contribution is 2.28. The molecule has 8 heteroatoms. The third-order valence-electron chi connectivity index (χ3n) is 4.94. The van der Waals surface area contributed by atoms with Crippen LogP contribution in [0.2, 0.25) is 10.0 Å². The minimum absolute atomic E-state index is 0.0445. The van der Waals surface area contributed by atoms with Gasteiger partial charge in [-0.1, -0.05) is 36.5 Å². The van der Waals surface area contributed by atoms with Crippen molar-refractivity contribution in [2.24, 2.45) is 0 Å². The van der Waals surface area contributed by atoms with Gasteiger partial charge in [0.05, 0.1) is 15.5 Å². The van der Waals surface area contributed by atoms with Crippen LogP contribution in [0.4, 0.5) is 5.69 Å². The first kappa shape index (κ1) is 21.1. The molecule has 28 heavy (non-hydrogen) atoms. The number of piperidine rings is 1. The van der Waals surface area contributed by atoms with Crippen LogP contribution in [0.25, 0.3) is 0 Å². The summed E-state index contributed by atoms with van der Waals surface area (Å²) >= 11 is 12.0. The number of carbonyl (C=O) groups excluding carboxylic acids is 1. The average molecular weight is 441 g/mol. The second-order valence-electron chi connectivity index (χ2n) is 6.78. The average Bonchev–Trinajstić information content (AvgIpc) is 2.70. The number of nitrogens with one attached hydrogen (secondary N) is 1. The summed E-state index contributed by atoms with van der Waals surface area (Å²) in [7, 11) is -3.55. The zero-order chi connectivity index (χ0) is 20.3. The van der Waals surface area contributed by atoms with E-state index in [4.69, 9.17) is 23.2 Å². The third-order valence-corrected chi connectivity index (χ3v) is 7.47. The van der Waals surface area contributed by atoms with E-state index in [1.165, 1.54) is 18.2 Å². The Morgan fingerprint density at radius 2 is 1.86 bits per heavy atom. The van der Waals surface area contributed by atoms with Crippen LogP contribution in [0.3, 0.4) is 0 Å². The lowest BCUT2D eigenvalue weighted by Gasteiger charge is -2.34. The molecule has 2 aromatic rings. The molecule has 0 saturated carbocycles. The highest BCUT2D eigenvalue weighted by molar-refractivity contribution is 7.89. The smallest absolute Gasteiger partial charge is 0.257 e. The van der Waals surface area contributed by atoms with E-state index in [2.05, 4.69) is 5.32 Å². The van der Waals surface area contributed by atoms with Gasteiger partial charge in [-0.15, -0.1) is 0 Å². The van der Waals surface area contributed by atoms with Crippen LogP contribution in [-0.2, 0) is 10.0 Å². The molecule has 0 aromatic heterocycles. The fraction of sp³-hybridized carbons (Fsp3) is 0.350. The maximum atomic E-state index is 13.0. The number of carbonyl (C=O) groups is 1. The molecule has 5 nitrogen and oxygen atoms in total. The molecule has 0 aliphatic carbocycles. The van der Waals surface area contributed by atoms with E-state index in [1.807, 2.05) is 6.92 Å². The highest BCUT2D eigenvalue weighted by Gasteiger charge is 2.32. The lowest BCUT2D eigenvalue weighted by Crippen LogP contribution is -2.43. The molecular formula is C20H22Cl2N2O3S. The van der Waals surface area contributed by atoms with Gasteiger partial charge in [-0.2, -0.15) is 4.31 Å². The summed E-state index contributed by atoms with van der Waals surface area (Å²) in [5.74, 6) is -0.412. The van der Waals surface area contributed by atoms with Crippen molar-refractivity contribution in [2.75, 3.05) is 11.9 Å². The van der Waals surface area contributed by atoms with Crippen molar-refractivity contribution in [3.8, 4) is 0 Å². The largest absolute Gasteiger partial charge is 0.322 e. The minimum Gasteiger partial charge on any atom is -0.322 e. The van der Waals surface area contributed by atoms with E-state index in [0.29, 0.717) is 17.3 Å². The summed E-state index contributed by atoms with van der Waals surface area (Å²) in [4.78, 5) is 12.6. The molecule has 1 fully saturated rings. The molecule has 150 valence electrons. The first-order chi connectivity index (χ1) is 13.3. The molecule has 1 saturated heterocycles. The van der Waals surface area contributed by atoms with Crippen LogP contribution in [0.1, 0.15) is 43.0 Å². The maximum Gasteiger partial charge on any atom is 0.257 e. The summed E-state index contributed by atoms with van der Waals surface area (Å²) in [6.45, 7) is 2.56. The number of sulfonamides is 1. The molecule has 2 aromatic carbocycles. The van der Waals surface area contributed by atoms with Crippen molar-refractivity contribution < 1.29 is 13.2 Å². The quantitative estimate of drug-likeness (QED) is 0.694. The van der Waals surface area contributed by atoms with Gasteiger partial charge in [-0.25, -0.2) is 8.42 Å². The lowest BCUT2D eigenvalue weighted by atomic mass is 10.0. The van der Waals surface area contributed by atoms with E-state index in [-0.39, 0.29) is 21.5 Å². The van der Waals surface area contributed by atoms with Gasteiger partial charge in [0.15, 0.2) is 0 Å². The van der Waals surface area contributed by atoms with E-state index >= 15 is 0 Å². The zero-order valence-corrected chi connectivity index (χ0v) is 17.8. The summed E-state index contributed by atoms with van der Waals surface area (Å²) in [5, 5.41) is 3.41. The number of hydrogen-bond acceptors (Lipinski definition) is 3. The van der Waals surface area contributed by atoms with Crippen LogP contribution in [-0.4, -0.2) is 31.2 Å². The predicted molar refractivity (Wildman–Crippen MR) is 113 cm³/mol. The summed E-state index contributed by atoms with van der Waals surface area (Å²) in [5.41, 5.74) is 0.732. The van der Waals surface area contributed by atoms with E-state index in [0.717, 1.165) is 25.7 Å². The lowest BCUT2D eigenvalue weighted by molar-refractivity contribution is 0.102. The van der Waals surface area contributed by atoms with Gasteiger partial charge in [-0.3, -0.25) is 4.79 Å². The third kappa shape index (κ3) is 4.51.